The summed E-state index contributed by atoms with van der Waals surface area (Å²) in [6, 6.07) is 9.84. The molecule has 0 atom stereocenters. The van der Waals surface area contributed by atoms with E-state index < -0.39 is 0 Å². The lowest BCUT2D eigenvalue weighted by Crippen LogP contribution is -2.23. The van der Waals surface area contributed by atoms with Gasteiger partial charge < -0.3 is 20.1 Å². The van der Waals surface area contributed by atoms with Crippen molar-refractivity contribution in [2.24, 2.45) is 0 Å². The molecule has 2 N–H and O–H groups in total. The fourth-order valence-electron chi connectivity index (χ4n) is 2.43. The van der Waals surface area contributed by atoms with Crippen LogP contribution in [0, 0.1) is 0 Å². The number of aromatic nitrogens is 1. The van der Waals surface area contributed by atoms with Crippen molar-refractivity contribution in [3.8, 4) is 11.5 Å². The second kappa shape index (κ2) is 5.79. The average molecular weight is 311 g/mol. The molecule has 1 aromatic carbocycles. The van der Waals surface area contributed by atoms with Crippen molar-refractivity contribution in [3.63, 3.8) is 0 Å². The normalized spacial score (nSPS) is 15.3. The number of ether oxygens (including phenoxy) is 2. The highest BCUT2D eigenvalue weighted by Gasteiger charge is 2.21. The van der Waals surface area contributed by atoms with E-state index in [1.807, 2.05) is 24.3 Å². The van der Waals surface area contributed by atoms with Crippen molar-refractivity contribution >= 4 is 11.6 Å². The van der Waals surface area contributed by atoms with Crippen LogP contribution in [0.15, 0.2) is 36.5 Å². The highest BCUT2D eigenvalue weighted by Crippen LogP contribution is 2.32. The molecule has 1 saturated carbocycles. The maximum absolute atomic E-state index is 12.2. The predicted octanol–water partition coefficient (Wildman–Crippen LogP) is 2.31. The molecule has 0 radical (unpaired) electrons. The lowest BCUT2D eigenvalue weighted by atomic mass is 10.2. The van der Waals surface area contributed by atoms with Gasteiger partial charge in [0.15, 0.2) is 11.5 Å². The quantitative estimate of drug-likeness (QED) is 0.886. The summed E-state index contributed by atoms with van der Waals surface area (Å²) in [4.78, 5) is 16.4. The van der Waals surface area contributed by atoms with Crippen LogP contribution in [0.2, 0.25) is 0 Å². The second-order valence-electron chi connectivity index (χ2n) is 5.72. The smallest absolute Gasteiger partial charge is 0.270 e. The summed E-state index contributed by atoms with van der Waals surface area (Å²) < 4.78 is 10.6. The zero-order chi connectivity index (χ0) is 15.6. The van der Waals surface area contributed by atoms with Crippen LogP contribution in [0.4, 0.5) is 5.69 Å². The van der Waals surface area contributed by atoms with Crippen molar-refractivity contribution in [1.82, 2.24) is 10.3 Å². The Balaban J connectivity index is 1.39. The zero-order valence-electron chi connectivity index (χ0n) is 12.5. The lowest BCUT2D eigenvalue weighted by Gasteiger charge is -2.08. The molecule has 0 spiro atoms. The van der Waals surface area contributed by atoms with Gasteiger partial charge in [-0.25, -0.2) is 0 Å². The molecule has 2 aromatic rings. The maximum Gasteiger partial charge on any atom is 0.270 e. The van der Waals surface area contributed by atoms with E-state index in [4.69, 9.17) is 9.47 Å². The van der Waals surface area contributed by atoms with E-state index in [9.17, 15) is 4.79 Å². The van der Waals surface area contributed by atoms with Gasteiger partial charge in [-0.1, -0.05) is 6.07 Å². The van der Waals surface area contributed by atoms with Gasteiger partial charge >= 0.3 is 0 Å². The summed E-state index contributed by atoms with van der Waals surface area (Å²) in [6.45, 7) is 0.660. The third-order valence-electron chi connectivity index (χ3n) is 3.83. The van der Waals surface area contributed by atoms with Gasteiger partial charge in [-0.3, -0.25) is 9.78 Å². The number of pyridine rings is 1. The van der Waals surface area contributed by atoms with Gasteiger partial charge in [0.1, 0.15) is 5.69 Å². The van der Waals surface area contributed by atoms with E-state index in [1.54, 1.807) is 12.3 Å². The Morgan fingerprint density at radius 1 is 1.17 bits per heavy atom. The van der Waals surface area contributed by atoms with Crippen molar-refractivity contribution in [3.05, 3.63) is 47.8 Å². The number of nitrogens with zero attached hydrogens (tertiary/aromatic N) is 1. The average Bonchev–Trinajstić information content (AvgIpc) is 3.26. The van der Waals surface area contributed by atoms with E-state index in [0.29, 0.717) is 24.0 Å². The van der Waals surface area contributed by atoms with Crippen LogP contribution in [-0.2, 0) is 6.54 Å². The van der Waals surface area contributed by atoms with Gasteiger partial charge in [-0.05, 0) is 42.7 Å². The van der Waals surface area contributed by atoms with E-state index in [-0.39, 0.29) is 12.7 Å². The summed E-state index contributed by atoms with van der Waals surface area (Å²) in [5.41, 5.74) is 2.31. The topological polar surface area (TPSA) is 72.5 Å². The van der Waals surface area contributed by atoms with Gasteiger partial charge in [0, 0.05) is 24.5 Å². The third-order valence-corrected chi connectivity index (χ3v) is 3.83. The Hall–Kier alpha value is -2.76. The van der Waals surface area contributed by atoms with E-state index in [1.165, 1.54) is 12.8 Å². The summed E-state index contributed by atoms with van der Waals surface area (Å²) in [6.07, 6.45) is 4.03. The summed E-state index contributed by atoms with van der Waals surface area (Å²) in [7, 11) is 0. The third kappa shape index (κ3) is 3.21. The molecule has 23 heavy (non-hydrogen) atoms. The van der Waals surface area contributed by atoms with Gasteiger partial charge in [0.05, 0.1) is 0 Å². The van der Waals surface area contributed by atoms with Crippen LogP contribution in [0.25, 0.3) is 0 Å². The van der Waals surface area contributed by atoms with Gasteiger partial charge in [-0.2, -0.15) is 0 Å². The number of anilines is 1. The molecule has 4 rings (SSSR count). The minimum absolute atomic E-state index is 0.192. The van der Waals surface area contributed by atoms with Crippen LogP contribution < -0.4 is 20.1 Å². The number of amides is 1. The van der Waals surface area contributed by atoms with Gasteiger partial charge in [-0.15, -0.1) is 0 Å². The van der Waals surface area contributed by atoms with E-state index in [0.717, 1.165) is 17.0 Å². The molecule has 0 bridgehead atoms. The molecule has 6 heteroatoms. The second-order valence-corrected chi connectivity index (χ2v) is 5.72. The van der Waals surface area contributed by atoms with Gasteiger partial charge in [0.2, 0.25) is 6.79 Å². The minimum atomic E-state index is -0.192. The molecule has 1 amide bonds. The molecule has 2 aliphatic rings. The molecule has 2 heterocycles. The molecule has 0 saturated heterocycles. The van der Waals surface area contributed by atoms with Crippen LogP contribution in [-0.4, -0.2) is 23.7 Å². The fraction of sp³-hybridized carbons (Fsp3) is 0.294. The SMILES string of the molecule is O=C(NCc1ccc2c(c1)OCO2)c1cc(NC2CC2)ccn1. The molecule has 1 aromatic heterocycles. The van der Waals surface area contributed by atoms with Crippen molar-refractivity contribution in [2.45, 2.75) is 25.4 Å². The Bertz CT molecular complexity index is 744. The highest BCUT2D eigenvalue weighted by atomic mass is 16.7. The summed E-state index contributed by atoms with van der Waals surface area (Å²) in [5, 5.41) is 6.24. The summed E-state index contributed by atoms with van der Waals surface area (Å²) in [5.74, 6) is 1.26. The van der Waals surface area contributed by atoms with Crippen molar-refractivity contribution in [1.29, 1.82) is 0 Å². The largest absolute Gasteiger partial charge is 0.454 e. The summed E-state index contributed by atoms with van der Waals surface area (Å²) >= 11 is 0. The first kappa shape index (κ1) is 13.9. The Labute approximate surface area is 133 Å². The number of benzene rings is 1. The standard InChI is InChI=1S/C17H17N3O3/c21-17(14-8-13(5-6-18-14)20-12-2-3-12)19-9-11-1-4-15-16(7-11)23-10-22-15/h1,4-8,12H,2-3,9-10H2,(H,18,20)(H,19,21). The van der Waals surface area contributed by atoms with E-state index in [2.05, 4.69) is 15.6 Å². The minimum Gasteiger partial charge on any atom is -0.454 e. The molecule has 1 aliphatic heterocycles. The van der Waals surface area contributed by atoms with Gasteiger partial charge in [0.25, 0.3) is 5.91 Å². The highest BCUT2D eigenvalue weighted by molar-refractivity contribution is 5.93. The number of hydrogen-bond donors (Lipinski definition) is 2. The molecular formula is C17H17N3O3. The first-order valence-corrected chi connectivity index (χ1v) is 7.67. The molecule has 6 nitrogen and oxygen atoms in total. The number of fused-ring (bicyclic) bond motifs is 1. The molecule has 0 unspecified atom stereocenters. The van der Waals surface area contributed by atoms with Crippen LogP contribution in [0.3, 0.4) is 0 Å². The molecule has 1 fully saturated rings. The van der Waals surface area contributed by atoms with Crippen molar-refractivity contribution < 1.29 is 14.3 Å². The van der Waals surface area contributed by atoms with E-state index >= 15 is 0 Å². The number of hydrogen-bond acceptors (Lipinski definition) is 5. The van der Waals surface area contributed by atoms with Crippen LogP contribution in [0.1, 0.15) is 28.9 Å². The first-order valence-electron chi connectivity index (χ1n) is 7.67. The Kier molecular flexibility index (Phi) is 3.49. The lowest BCUT2D eigenvalue weighted by molar-refractivity contribution is 0.0946. The molecule has 118 valence electrons. The Morgan fingerprint density at radius 3 is 2.91 bits per heavy atom. The number of carbonyl (C=O) groups is 1. The van der Waals surface area contributed by atoms with Crippen molar-refractivity contribution in [2.75, 3.05) is 12.1 Å². The Morgan fingerprint density at radius 2 is 2.04 bits per heavy atom. The number of rotatable bonds is 5. The number of carbonyl (C=O) groups excluding carboxylic acids is 1. The number of nitrogens with one attached hydrogen (secondary N) is 2. The molecular weight excluding hydrogens is 294 g/mol. The fourth-order valence-corrected chi connectivity index (χ4v) is 2.43. The molecule has 1 aliphatic carbocycles. The van der Waals surface area contributed by atoms with Crippen LogP contribution >= 0.6 is 0 Å². The maximum atomic E-state index is 12.2. The first-order chi connectivity index (χ1) is 11.3. The predicted molar refractivity (Wildman–Crippen MR) is 84.6 cm³/mol. The van der Waals surface area contributed by atoms with Crippen LogP contribution in [0.5, 0.6) is 11.5 Å². The zero-order valence-corrected chi connectivity index (χ0v) is 12.5. The monoisotopic (exact) mass is 311 g/mol.